The molecule has 0 aliphatic heterocycles. The number of allylic oxidation sites excluding steroid dienone is 4. The van der Waals surface area contributed by atoms with Crippen LogP contribution in [-0.2, 0) is 4.79 Å². The van der Waals surface area contributed by atoms with Gasteiger partial charge in [0, 0.05) is 0 Å². The van der Waals surface area contributed by atoms with E-state index in [0.29, 0.717) is 0 Å². The van der Waals surface area contributed by atoms with Crippen molar-refractivity contribution in [2.24, 2.45) is 0 Å². The van der Waals surface area contributed by atoms with Crippen molar-refractivity contribution < 1.29 is 4.79 Å². The lowest BCUT2D eigenvalue weighted by Crippen LogP contribution is -2.19. The van der Waals surface area contributed by atoms with Crippen molar-refractivity contribution in [1.29, 1.82) is 0 Å². The van der Waals surface area contributed by atoms with Crippen LogP contribution in [0.3, 0.4) is 0 Å². The van der Waals surface area contributed by atoms with Crippen LogP contribution in [-0.4, -0.2) is 10.7 Å². The first-order chi connectivity index (χ1) is 4.92. The van der Waals surface area contributed by atoms with Crippen molar-refractivity contribution in [2.45, 2.75) is 25.6 Å². The number of hydrogen-bond donors (Lipinski definition) is 0. The first-order valence-electron chi connectivity index (χ1n) is 3.55. The molecule has 2 heteroatoms. The van der Waals surface area contributed by atoms with Crippen molar-refractivity contribution in [3.8, 4) is 0 Å². The van der Waals surface area contributed by atoms with Crippen LogP contribution >= 0.6 is 11.6 Å². The van der Waals surface area contributed by atoms with Crippen molar-refractivity contribution in [3.05, 3.63) is 23.3 Å². The summed E-state index contributed by atoms with van der Waals surface area (Å²) in [7, 11) is 0. The number of halogens is 1. The predicted molar refractivity (Wildman–Crippen MR) is 46.8 cm³/mol. The highest BCUT2D eigenvalue weighted by Gasteiger charge is 2.23. The molecule has 0 N–H and O–H groups in total. The van der Waals surface area contributed by atoms with E-state index in [-0.39, 0.29) is 5.78 Å². The SMILES string of the molecule is CC1=CC(C)(Cl)C=C(C)C1=O. The normalized spacial score (nSPS) is 22.7. The fourth-order valence-corrected chi connectivity index (χ4v) is 1.66. The van der Waals surface area contributed by atoms with Gasteiger partial charge in [-0.25, -0.2) is 0 Å². The van der Waals surface area contributed by atoms with Gasteiger partial charge in [-0.2, -0.15) is 0 Å². The first-order valence-corrected chi connectivity index (χ1v) is 3.93. The predicted octanol–water partition coefficient (Wildman–Crippen LogP) is 2.46. The Morgan fingerprint density at radius 3 is 2.00 bits per heavy atom. The molecule has 0 aromatic heterocycles. The van der Waals surface area contributed by atoms with E-state index in [1.165, 1.54) is 0 Å². The molecule has 0 atom stereocenters. The van der Waals surface area contributed by atoms with Gasteiger partial charge in [0.1, 0.15) is 0 Å². The summed E-state index contributed by atoms with van der Waals surface area (Å²) < 4.78 is 0. The molecule has 0 spiro atoms. The lowest BCUT2D eigenvalue weighted by atomic mass is 9.92. The molecule has 0 saturated heterocycles. The molecule has 0 bridgehead atoms. The third kappa shape index (κ3) is 1.72. The van der Waals surface area contributed by atoms with Crippen LogP contribution in [0.15, 0.2) is 23.3 Å². The Kier molecular flexibility index (Phi) is 1.93. The number of carbonyl (C=O) groups excluding carboxylic acids is 1. The van der Waals surface area contributed by atoms with Crippen LogP contribution in [0.5, 0.6) is 0 Å². The smallest absolute Gasteiger partial charge is 0.183 e. The average Bonchev–Trinajstić information content (AvgIpc) is 1.81. The van der Waals surface area contributed by atoms with E-state index in [9.17, 15) is 4.79 Å². The molecule has 1 aliphatic carbocycles. The number of hydrogen-bond acceptors (Lipinski definition) is 1. The highest BCUT2D eigenvalue weighted by atomic mass is 35.5. The van der Waals surface area contributed by atoms with Crippen LogP contribution in [0.4, 0.5) is 0 Å². The van der Waals surface area contributed by atoms with E-state index < -0.39 is 4.87 Å². The van der Waals surface area contributed by atoms with Crippen LogP contribution < -0.4 is 0 Å². The summed E-state index contributed by atoms with van der Waals surface area (Å²) in [6.45, 7) is 5.45. The lowest BCUT2D eigenvalue weighted by Gasteiger charge is -2.19. The molecule has 11 heavy (non-hydrogen) atoms. The second kappa shape index (κ2) is 2.49. The fourth-order valence-electron chi connectivity index (χ4n) is 1.33. The van der Waals surface area contributed by atoms with Crippen LogP contribution in [0.2, 0.25) is 0 Å². The fraction of sp³-hybridized carbons (Fsp3) is 0.444. The van der Waals surface area contributed by atoms with Crippen LogP contribution in [0.1, 0.15) is 20.8 Å². The molecule has 0 radical (unpaired) electrons. The van der Waals surface area contributed by atoms with Gasteiger partial charge in [-0.05, 0) is 31.9 Å². The standard InChI is InChI=1S/C9H11ClO/c1-6-4-9(3,10)5-7(2)8(6)11/h4-5H,1-3H3. The third-order valence-electron chi connectivity index (χ3n) is 1.71. The largest absolute Gasteiger partial charge is 0.289 e. The van der Waals surface area contributed by atoms with E-state index in [2.05, 4.69) is 0 Å². The van der Waals surface area contributed by atoms with Gasteiger partial charge < -0.3 is 0 Å². The van der Waals surface area contributed by atoms with Gasteiger partial charge >= 0.3 is 0 Å². The Hall–Kier alpha value is -0.560. The maximum Gasteiger partial charge on any atom is 0.183 e. The second-order valence-corrected chi connectivity index (χ2v) is 3.95. The first kappa shape index (κ1) is 8.54. The quantitative estimate of drug-likeness (QED) is 0.511. The summed E-state index contributed by atoms with van der Waals surface area (Å²) in [5.74, 6) is 0.100. The summed E-state index contributed by atoms with van der Waals surface area (Å²) in [5, 5.41) is 0. The van der Waals surface area contributed by atoms with Gasteiger partial charge in [0.05, 0.1) is 4.87 Å². The zero-order chi connectivity index (χ0) is 8.65. The maximum absolute atomic E-state index is 11.2. The summed E-state index contributed by atoms with van der Waals surface area (Å²) in [6, 6.07) is 0. The highest BCUT2D eigenvalue weighted by Crippen LogP contribution is 2.27. The number of ketones is 1. The topological polar surface area (TPSA) is 17.1 Å². The van der Waals surface area contributed by atoms with E-state index in [1.807, 2.05) is 6.92 Å². The molecule has 0 fully saturated rings. The zero-order valence-electron chi connectivity index (χ0n) is 6.94. The Labute approximate surface area is 71.7 Å². The highest BCUT2D eigenvalue weighted by molar-refractivity contribution is 6.28. The molecule has 0 unspecified atom stereocenters. The monoisotopic (exact) mass is 170 g/mol. The number of rotatable bonds is 0. The molecule has 1 rings (SSSR count). The molecule has 0 aromatic carbocycles. The number of alkyl halides is 1. The van der Waals surface area contributed by atoms with Crippen LogP contribution in [0.25, 0.3) is 0 Å². The number of carbonyl (C=O) groups is 1. The molecular formula is C9H11ClO. The Morgan fingerprint density at radius 1 is 1.27 bits per heavy atom. The van der Waals surface area contributed by atoms with Crippen molar-refractivity contribution in [3.63, 3.8) is 0 Å². The molecule has 0 amide bonds. The average molecular weight is 171 g/mol. The van der Waals surface area contributed by atoms with Crippen molar-refractivity contribution in [2.75, 3.05) is 0 Å². The lowest BCUT2D eigenvalue weighted by molar-refractivity contribution is -0.112. The Balaban J connectivity index is 3.08. The molecular weight excluding hydrogens is 160 g/mol. The summed E-state index contributed by atoms with van der Waals surface area (Å²) >= 11 is 6.02. The molecule has 0 aromatic rings. The summed E-state index contributed by atoms with van der Waals surface area (Å²) in [6.07, 6.45) is 3.56. The van der Waals surface area contributed by atoms with E-state index in [0.717, 1.165) is 11.1 Å². The summed E-state index contributed by atoms with van der Waals surface area (Å²) in [4.78, 5) is 10.7. The Bertz CT molecular complexity index is 235. The second-order valence-electron chi connectivity index (χ2n) is 3.14. The van der Waals surface area contributed by atoms with E-state index in [4.69, 9.17) is 11.6 Å². The minimum Gasteiger partial charge on any atom is -0.289 e. The zero-order valence-corrected chi connectivity index (χ0v) is 7.70. The van der Waals surface area contributed by atoms with E-state index >= 15 is 0 Å². The third-order valence-corrected chi connectivity index (χ3v) is 1.93. The minimum atomic E-state index is -0.470. The van der Waals surface area contributed by atoms with Crippen molar-refractivity contribution in [1.82, 2.24) is 0 Å². The van der Waals surface area contributed by atoms with Gasteiger partial charge in [-0.1, -0.05) is 12.2 Å². The summed E-state index contributed by atoms with van der Waals surface area (Å²) in [5.41, 5.74) is 1.48. The van der Waals surface area contributed by atoms with Gasteiger partial charge in [-0.3, -0.25) is 4.79 Å². The van der Waals surface area contributed by atoms with Gasteiger partial charge in [0.2, 0.25) is 0 Å². The van der Waals surface area contributed by atoms with E-state index in [1.54, 1.807) is 26.0 Å². The van der Waals surface area contributed by atoms with Gasteiger partial charge in [0.25, 0.3) is 0 Å². The molecule has 0 saturated carbocycles. The van der Waals surface area contributed by atoms with Crippen molar-refractivity contribution >= 4 is 17.4 Å². The van der Waals surface area contributed by atoms with Gasteiger partial charge in [-0.15, -0.1) is 11.6 Å². The van der Waals surface area contributed by atoms with Crippen LogP contribution in [0, 0.1) is 0 Å². The minimum absolute atomic E-state index is 0.100. The molecule has 1 aliphatic rings. The van der Waals surface area contributed by atoms with Gasteiger partial charge in [0.15, 0.2) is 5.78 Å². The molecule has 1 nitrogen and oxygen atoms in total. The molecule has 60 valence electrons. The number of Topliss-reactive ketones (excluding diaryl/α,β-unsaturated/α-hetero) is 1. The Morgan fingerprint density at radius 2 is 1.64 bits per heavy atom. The molecule has 0 heterocycles. The maximum atomic E-state index is 11.2.